The number of ether oxygens (including phenoxy) is 1. The Morgan fingerprint density at radius 3 is 2.79 bits per heavy atom. The van der Waals surface area contributed by atoms with Gasteiger partial charge in [-0.2, -0.15) is 5.26 Å². The number of nitrogens with one attached hydrogen (secondary N) is 1. The Balaban J connectivity index is 1.54. The van der Waals surface area contributed by atoms with Gasteiger partial charge < -0.3 is 10.1 Å². The second kappa shape index (κ2) is 7.65. The van der Waals surface area contributed by atoms with Crippen LogP contribution in [0.3, 0.4) is 0 Å². The fraction of sp³-hybridized carbons (Fsp3) is 0.300. The summed E-state index contributed by atoms with van der Waals surface area (Å²) in [6, 6.07) is 17.7. The highest BCUT2D eigenvalue weighted by molar-refractivity contribution is 5.78. The maximum absolute atomic E-state index is 12.2. The van der Waals surface area contributed by atoms with Crippen molar-refractivity contribution in [2.45, 2.75) is 31.7 Å². The van der Waals surface area contributed by atoms with Crippen LogP contribution in [0.25, 0.3) is 0 Å². The molecule has 24 heavy (non-hydrogen) atoms. The minimum Gasteiger partial charge on any atom is -0.484 e. The van der Waals surface area contributed by atoms with Crippen LogP contribution in [0, 0.1) is 11.3 Å². The number of benzene rings is 2. The third-order valence-corrected chi connectivity index (χ3v) is 4.28. The van der Waals surface area contributed by atoms with Crippen molar-refractivity contribution < 1.29 is 9.53 Å². The summed E-state index contributed by atoms with van der Waals surface area (Å²) in [4.78, 5) is 12.2. The number of nitriles is 1. The largest absolute Gasteiger partial charge is 0.484 e. The minimum absolute atomic E-state index is 0.00371. The molecule has 1 aliphatic carbocycles. The minimum atomic E-state index is -0.113. The summed E-state index contributed by atoms with van der Waals surface area (Å²) in [5, 5.41) is 11.7. The molecule has 3 rings (SSSR count). The molecular weight excluding hydrogens is 300 g/mol. The Hall–Kier alpha value is -2.80. The Labute approximate surface area is 142 Å². The highest BCUT2D eigenvalue weighted by atomic mass is 16.5. The molecule has 1 unspecified atom stereocenters. The number of aryl methyl sites for hydroxylation is 1. The van der Waals surface area contributed by atoms with Gasteiger partial charge in [0.1, 0.15) is 5.75 Å². The quantitative estimate of drug-likeness (QED) is 0.919. The lowest BCUT2D eigenvalue weighted by molar-refractivity contribution is -0.123. The van der Waals surface area contributed by atoms with Gasteiger partial charge in [0.05, 0.1) is 18.5 Å². The maximum atomic E-state index is 12.2. The van der Waals surface area contributed by atoms with Crippen LogP contribution in [0.1, 0.15) is 35.6 Å². The molecular formula is C20H20N2O2. The van der Waals surface area contributed by atoms with Gasteiger partial charge in [0.25, 0.3) is 5.91 Å². The molecule has 0 radical (unpaired) electrons. The van der Waals surface area contributed by atoms with Crippen molar-refractivity contribution in [3.05, 3.63) is 65.2 Å². The van der Waals surface area contributed by atoms with E-state index in [-0.39, 0.29) is 18.6 Å². The van der Waals surface area contributed by atoms with Crippen molar-refractivity contribution in [1.29, 1.82) is 5.26 Å². The number of rotatable bonds is 5. The molecule has 0 spiro atoms. The molecule has 2 aromatic carbocycles. The molecule has 4 nitrogen and oxygen atoms in total. The van der Waals surface area contributed by atoms with Crippen LogP contribution >= 0.6 is 0 Å². The molecule has 0 bridgehead atoms. The number of fused-ring (bicyclic) bond motifs is 1. The molecule has 1 atom stereocenters. The summed E-state index contributed by atoms with van der Waals surface area (Å²) in [5.74, 6) is 0.522. The van der Waals surface area contributed by atoms with Crippen LogP contribution in [-0.2, 0) is 17.6 Å². The number of carbonyl (C=O) groups excluding carboxylic acids is 1. The summed E-state index contributed by atoms with van der Waals surface area (Å²) in [7, 11) is 0. The number of carbonyl (C=O) groups is 1. The third kappa shape index (κ3) is 3.94. The average Bonchev–Trinajstić information content (AvgIpc) is 2.62. The van der Waals surface area contributed by atoms with E-state index in [1.165, 1.54) is 11.1 Å². The van der Waals surface area contributed by atoms with Gasteiger partial charge in [0, 0.05) is 0 Å². The molecule has 0 saturated carbocycles. The number of hydrogen-bond acceptors (Lipinski definition) is 3. The lowest BCUT2D eigenvalue weighted by Crippen LogP contribution is -2.34. The zero-order valence-corrected chi connectivity index (χ0v) is 13.5. The van der Waals surface area contributed by atoms with Crippen LogP contribution in [0.2, 0.25) is 0 Å². The first-order chi connectivity index (χ1) is 11.8. The third-order valence-electron chi connectivity index (χ3n) is 4.28. The fourth-order valence-electron chi connectivity index (χ4n) is 3.08. The van der Waals surface area contributed by atoms with E-state index in [4.69, 9.17) is 10.00 Å². The number of nitrogens with zero attached hydrogens (tertiary/aromatic N) is 1. The topological polar surface area (TPSA) is 62.1 Å². The van der Waals surface area contributed by atoms with Gasteiger partial charge in [0.15, 0.2) is 6.61 Å². The Bertz CT molecular complexity index is 747. The van der Waals surface area contributed by atoms with Gasteiger partial charge in [0.2, 0.25) is 0 Å². The van der Waals surface area contributed by atoms with Crippen molar-refractivity contribution in [1.82, 2.24) is 5.32 Å². The molecule has 122 valence electrons. The molecule has 1 amide bonds. The van der Waals surface area contributed by atoms with Crippen LogP contribution in [0.4, 0.5) is 0 Å². The molecule has 1 N–H and O–H groups in total. The standard InChI is InChI=1S/C20H20N2O2/c21-13-12-15-8-10-17(11-9-15)24-14-20(23)22-19-7-3-5-16-4-1-2-6-18(16)19/h1-2,4,6,8-11,19H,3,5,7,12,14H2,(H,22,23). The van der Waals surface area contributed by atoms with Crippen molar-refractivity contribution in [3.8, 4) is 11.8 Å². The fourth-order valence-corrected chi connectivity index (χ4v) is 3.08. The van der Waals surface area contributed by atoms with Gasteiger partial charge in [-0.3, -0.25) is 4.79 Å². The normalized spacial score (nSPS) is 15.9. The first kappa shape index (κ1) is 16.1. The summed E-state index contributed by atoms with van der Waals surface area (Å²) < 4.78 is 5.54. The predicted octanol–water partition coefficient (Wildman–Crippen LogP) is 3.33. The monoisotopic (exact) mass is 320 g/mol. The molecule has 4 heteroatoms. The first-order valence-electron chi connectivity index (χ1n) is 8.22. The summed E-state index contributed by atoms with van der Waals surface area (Å²) in [6.45, 7) is -0.00371. The molecule has 0 saturated heterocycles. The maximum Gasteiger partial charge on any atom is 0.258 e. The zero-order chi connectivity index (χ0) is 16.8. The van der Waals surface area contributed by atoms with E-state index in [0.717, 1.165) is 24.8 Å². The van der Waals surface area contributed by atoms with Crippen LogP contribution in [-0.4, -0.2) is 12.5 Å². The van der Waals surface area contributed by atoms with Gasteiger partial charge >= 0.3 is 0 Å². The summed E-state index contributed by atoms with van der Waals surface area (Å²) in [6.07, 6.45) is 3.50. The van der Waals surface area contributed by atoms with E-state index in [0.29, 0.717) is 12.2 Å². The Morgan fingerprint density at radius 1 is 1.21 bits per heavy atom. The average molecular weight is 320 g/mol. The van der Waals surface area contributed by atoms with Gasteiger partial charge in [-0.25, -0.2) is 0 Å². The van der Waals surface area contributed by atoms with E-state index in [2.05, 4.69) is 23.5 Å². The van der Waals surface area contributed by atoms with Gasteiger partial charge in [-0.05, 0) is 48.1 Å². The molecule has 0 aliphatic heterocycles. The first-order valence-corrected chi connectivity index (χ1v) is 8.22. The van der Waals surface area contributed by atoms with Crippen LogP contribution < -0.4 is 10.1 Å². The molecule has 0 fully saturated rings. The highest BCUT2D eigenvalue weighted by Crippen LogP contribution is 2.29. The Morgan fingerprint density at radius 2 is 2.00 bits per heavy atom. The summed E-state index contributed by atoms with van der Waals surface area (Å²) >= 11 is 0. The van der Waals surface area contributed by atoms with Gasteiger partial charge in [-0.1, -0.05) is 36.4 Å². The molecule has 1 aliphatic rings. The van der Waals surface area contributed by atoms with Crippen molar-refractivity contribution >= 4 is 5.91 Å². The Kier molecular flexibility index (Phi) is 5.12. The van der Waals surface area contributed by atoms with E-state index in [1.807, 2.05) is 24.3 Å². The molecule has 0 heterocycles. The summed E-state index contributed by atoms with van der Waals surface area (Å²) in [5.41, 5.74) is 3.48. The van der Waals surface area contributed by atoms with E-state index >= 15 is 0 Å². The van der Waals surface area contributed by atoms with E-state index in [1.54, 1.807) is 12.1 Å². The van der Waals surface area contributed by atoms with Gasteiger partial charge in [-0.15, -0.1) is 0 Å². The van der Waals surface area contributed by atoms with Crippen molar-refractivity contribution in [2.75, 3.05) is 6.61 Å². The molecule has 2 aromatic rings. The van der Waals surface area contributed by atoms with Crippen molar-refractivity contribution in [3.63, 3.8) is 0 Å². The highest BCUT2D eigenvalue weighted by Gasteiger charge is 2.21. The van der Waals surface area contributed by atoms with E-state index in [9.17, 15) is 4.79 Å². The second-order valence-corrected chi connectivity index (χ2v) is 5.98. The van der Waals surface area contributed by atoms with Crippen LogP contribution in [0.5, 0.6) is 5.75 Å². The predicted molar refractivity (Wildman–Crippen MR) is 91.5 cm³/mol. The van der Waals surface area contributed by atoms with Crippen LogP contribution in [0.15, 0.2) is 48.5 Å². The van der Waals surface area contributed by atoms with E-state index < -0.39 is 0 Å². The zero-order valence-electron chi connectivity index (χ0n) is 13.5. The smallest absolute Gasteiger partial charge is 0.258 e. The SMILES string of the molecule is N#CCc1ccc(OCC(=O)NC2CCCc3ccccc32)cc1. The molecule has 0 aromatic heterocycles. The number of amides is 1. The second-order valence-electron chi connectivity index (χ2n) is 5.98. The number of hydrogen-bond donors (Lipinski definition) is 1. The lowest BCUT2D eigenvalue weighted by Gasteiger charge is -2.26. The van der Waals surface area contributed by atoms with Crippen molar-refractivity contribution in [2.24, 2.45) is 0 Å². The lowest BCUT2D eigenvalue weighted by atomic mass is 9.88.